The summed E-state index contributed by atoms with van der Waals surface area (Å²) in [6, 6.07) is 2.22. The molecule has 32 heavy (non-hydrogen) atoms. The molecule has 0 saturated carbocycles. The molecule has 0 saturated heterocycles. The first-order valence-electron chi connectivity index (χ1n) is 9.25. The predicted molar refractivity (Wildman–Crippen MR) is 112 cm³/mol. The molecular formula is C20H14ClF3N4O3S. The van der Waals surface area contributed by atoms with Crippen LogP contribution < -0.4 is 10.9 Å². The van der Waals surface area contributed by atoms with Gasteiger partial charge in [0.15, 0.2) is 5.82 Å². The van der Waals surface area contributed by atoms with E-state index in [0.29, 0.717) is 35.6 Å². The molecule has 166 valence electrons. The molecule has 7 nitrogen and oxygen atoms in total. The van der Waals surface area contributed by atoms with Crippen molar-refractivity contribution in [3.05, 3.63) is 67.0 Å². The minimum atomic E-state index is -2.86. The molecule has 0 bridgehead atoms. The van der Waals surface area contributed by atoms with Crippen LogP contribution in [0.2, 0.25) is 4.34 Å². The highest BCUT2D eigenvalue weighted by Crippen LogP contribution is 2.28. The number of carbonyl (C=O) groups is 1. The molecule has 0 aliphatic carbocycles. The van der Waals surface area contributed by atoms with Crippen molar-refractivity contribution in [2.75, 3.05) is 11.9 Å². The van der Waals surface area contributed by atoms with Gasteiger partial charge in [0.2, 0.25) is 0 Å². The van der Waals surface area contributed by atoms with Gasteiger partial charge in [-0.1, -0.05) is 17.5 Å². The molecule has 1 amide bonds. The van der Waals surface area contributed by atoms with E-state index in [1.807, 2.05) is 10.8 Å². The molecule has 3 aromatic heterocycles. The third-order valence-electron chi connectivity index (χ3n) is 4.44. The van der Waals surface area contributed by atoms with Crippen LogP contribution in [-0.2, 0) is 24.4 Å². The minimum absolute atomic E-state index is 0.143. The third-order valence-corrected chi connectivity index (χ3v) is 5.79. The molecule has 1 aliphatic rings. The van der Waals surface area contributed by atoms with E-state index in [1.165, 1.54) is 6.07 Å². The number of amides is 1. The third kappa shape index (κ3) is 4.88. The first-order chi connectivity index (χ1) is 15.3. The van der Waals surface area contributed by atoms with Crippen LogP contribution in [-0.4, -0.2) is 33.1 Å². The van der Waals surface area contributed by atoms with Gasteiger partial charge < -0.3 is 19.2 Å². The number of pyridine rings is 1. The van der Waals surface area contributed by atoms with Crippen molar-refractivity contribution in [2.24, 2.45) is 0 Å². The first kappa shape index (κ1) is 22.1. The van der Waals surface area contributed by atoms with E-state index in [-0.39, 0.29) is 14.9 Å². The average molecular weight is 483 g/mol. The maximum absolute atomic E-state index is 13.8. The zero-order valence-corrected chi connectivity index (χ0v) is 17.8. The summed E-state index contributed by atoms with van der Waals surface area (Å²) in [4.78, 5) is 28.7. The molecule has 4 heterocycles. The Morgan fingerprint density at radius 2 is 2.16 bits per heavy atom. The fourth-order valence-corrected chi connectivity index (χ4v) is 4.08. The summed E-state index contributed by atoms with van der Waals surface area (Å²) in [6.07, 6.45) is -0.0965. The quantitative estimate of drug-likeness (QED) is 0.579. The van der Waals surface area contributed by atoms with Gasteiger partial charge in [0.1, 0.15) is 22.5 Å². The highest BCUT2D eigenvalue weighted by Gasteiger charge is 2.16. The Kier molecular flexibility index (Phi) is 6.36. The van der Waals surface area contributed by atoms with Crippen molar-refractivity contribution in [2.45, 2.75) is 26.1 Å². The Labute approximate surface area is 188 Å². The van der Waals surface area contributed by atoms with E-state index in [0.717, 1.165) is 29.4 Å². The van der Waals surface area contributed by atoms with Gasteiger partial charge in [-0.05, 0) is 12.0 Å². The topological polar surface area (TPSA) is 78.2 Å². The summed E-state index contributed by atoms with van der Waals surface area (Å²) in [5, 5.41) is 2.38. The zero-order chi connectivity index (χ0) is 22.8. The Balaban J connectivity index is 1.52. The normalized spacial score (nSPS) is 12.9. The number of aromatic nitrogens is 3. The molecule has 0 spiro atoms. The Hall–Kier alpha value is -3.07. The molecule has 0 atom stereocenters. The number of thiophene rings is 1. The predicted octanol–water partition coefficient (Wildman–Crippen LogP) is 3.35. The fourth-order valence-electron chi connectivity index (χ4n) is 2.99. The maximum Gasteiger partial charge on any atom is 0.286 e. The summed E-state index contributed by atoms with van der Waals surface area (Å²) in [5.74, 6) is 4.63. The monoisotopic (exact) mass is 482 g/mol. The molecule has 12 heteroatoms. The fraction of sp³-hybridized carbons (Fsp3) is 0.250. The van der Waals surface area contributed by atoms with Gasteiger partial charge in [-0.25, -0.2) is 18.2 Å². The summed E-state index contributed by atoms with van der Waals surface area (Å²) in [7, 11) is 0. The second kappa shape index (κ2) is 9.20. The van der Waals surface area contributed by atoms with Crippen molar-refractivity contribution in [3.8, 4) is 11.8 Å². The largest absolute Gasteiger partial charge is 0.372 e. The standard InChI is InChI=1S/C20H14ClF3N4O3S/c21-18-11(1-2-12-7-27-3-4-31-10-17(27)25-12)5-15(32-18)19(29)26-13-6-14(22)20(30)28(8-13)9-16(23)24/h5-8,16H,3-4,9-10H2,(H,26,29). The van der Waals surface area contributed by atoms with Crippen LogP contribution in [0.3, 0.4) is 0 Å². The summed E-state index contributed by atoms with van der Waals surface area (Å²) in [5.41, 5.74) is -0.406. The van der Waals surface area contributed by atoms with Crippen molar-refractivity contribution < 1.29 is 22.7 Å². The highest BCUT2D eigenvalue weighted by atomic mass is 35.5. The van der Waals surface area contributed by atoms with Crippen molar-refractivity contribution in [1.29, 1.82) is 0 Å². The van der Waals surface area contributed by atoms with Gasteiger partial charge in [-0.3, -0.25) is 9.59 Å². The van der Waals surface area contributed by atoms with E-state index in [9.17, 15) is 22.8 Å². The van der Waals surface area contributed by atoms with E-state index in [1.54, 1.807) is 0 Å². The van der Waals surface area contributed by atoms with Gasteiger partial charge in [0.25, 0.3) is 17.9 Å². The molecule has 0 fully saturated rings. The Morgan fingerprint density at radius 1 is 1.34 bits per heavy atom. The first-order valence-corrected chi connectivity index (χ1v) is 10.4. The molecule has 0 radical (unpaired) electrons. The Bertz CT molecular complexity index is 1280. The number of fused-ring (bicyclic) bond motifs is 1. The highest BCUT2D eigenvalue weighted by molar-refractivity contribution is 7.18. The SMILES string of the molecule is O=C(Nc1cc(F)c(=O)n(CC(F)F)c1)c1cc(C#Cc2cn3c(n2)COCC3)c(Cl)s1. The van der Waals surface area contributed by atoms with Crippen molar-refractivity contribution in [3.63, 3.8) is 0 Å². The van der Waals surface area contributed by atoms with Crippen LogP contribution in [0.4, 0.5) is 18.9 Å². The van der Waals surface area contributed by atoms with Crippen LogP contribution in [0.1, 0.15) is 26.8 Å². The minimum Gasteiger partial charge on any atom is -0.372 e. The number of ether oxygens (including phenoxy) is 1. The lowest BCUT2D eigenvalue weighted by Gasteiger charge is -2.12. The number of hydrogen-bond acceptors (Lipinski definition) is 5. The van der Waals surface area contributed by atoms with E-state index in [2.05, 4.69) is 22.1 Å². The van der Waals surface area contributed by atoms with E-state index < -0.39 is 30.3 Å². The van der Waals surface area contributed by atoms with Crippen LogP contribution >= 0.6 is 22.9 Å². The molecule has 0 aromatic carbocycles. The number of hydrogen-bond donors (Lipinski definition) is 1. The van der Waals surface area contributed by atoms with Gasteiger partial charge in [0.05, 0.1) is 29.3 Å². The van der Waals surface area contributed by atoms with Gasteiger partial charge in [-0.2, -0.15) is 0 Å². The smallest absolute Gasteiger partial charge is 0.286 e. The van der Waals surface area contributed by atoms with Crippen LogP contribution in [0.25, 0.3) is 0 Å². The van der Waals surface area contributed by atoms with E-state index in [4.69, 9.17) is 16.3 Å². The molecule has 0 unspecified atom stereocenters. The van der Waals surface area contributed by atoms with Crippen LogP contribution in [0.5, 0.6) is 0 Å². The zero-order valence-electron chi connectivity index (χ0n) is 16.2. The molecular weight excluding hydrogens is 469 g/mol. The molecule has 4 rings (SSSR count). The molecule has 1 aliphatic heterocycles. The second-order valence-electron chi connectivity index (χ2n) is 6.72. The number of nitrogens with one attached hydrogen (secondary N) is 1. The number of alkyl halides is 2. The number of halogens is 4. The van der Waals surface area contributed by atoms with Crippen molar-refractivity contribution in [1.82, 2.24) is 14.1 Å². The number of nitrogens with zero attached hydrogens (tertiary/aromatic N) is 3. The van der Waals surface area contributed by atoms with Gasteiger partial charge >= 0.3 is 0 Å². The lowest BCUT2D eigenvalue weighted by Crippen LogP contribution is -2.26. The molecule has 3 aromatic rings. The molecule has 1 N–H and O–H groups in total. The van der Waals surface area contributed by atoms with Crippen molar-refractivity contribution >= 4 is 34.5 Å². The number of rotatable bonds is 4. The number of anilines is 1. The summed E-state index contributed by atoms with van der Waals surface area (Å²) < 4.78 is 47.0. The van der Waals surface area contributed by atoms with Crippen LogP contribution in [0, 0.1) is 17.7 Å². The summed E-state index contributed by atoms with van der Waals surface area (Å²) >= 11 is 7.14. The van der Waals surface area contributed by atoms with Gasteiger partial charge in [0, 0.05) is 25.0 Å². The maximum atomic E-state index is 13.8. The second-order valence-corrected chi connectivity index (χ2v) is 8.37. The number of carbonyl (C=O) groups excluding carboxylic acids is 1. The Morgan fingerprint density at radius 3 is 2.91 bits per heavy atom. The summed E-state index contributed by atoms with van der Waals surface area (Å²) in [6.45, 7) is 0.720. The lowest BCUT2D eigenvalue weighted by molar-refractivity contribution is 0.0816. The van der Waals surface area contributed by atoms with Crippen LogP contribution in [0.15, 0.2) is 29.3 Å². The lowest BCUT2D eigenvalue weighted by atomic mass is 10.3. The number of imidazole rings is 1. The van der Waals surface area contributed by atoms with Gasteiger partial charge in [-0.15, -0.1) is 11.3 Å². The van der Waals surface area contributed by atoms with E-state index >= 15 is 0 Å². The average Bonchev–Trinajstić information content (AvgIpc) is 3.32.